The zero-order valence-corrected chi connectivity index (χ0v) is 7.42. The van der Waals surface area contributed by atoms with Crippen molar-refractivity contribution < 1.29 is 0 Å². The highest BCUT2D eigenvalue weighted by molar-refractivity contribution is 7.99. The van der Waals surface area contributed by atoms with Gasteiger partial charge in [0.2, 0.25) is 0 Å². The predicted molar refractivity (Wildman–Crippen MR) is 53.9 cm³/mol. The van der Waals surface area contributed by atoms with E-state index in [9.17, 15) is 0 Å². The van der Waals surface area contributed by atoms with Gasteiger partial charge in [-0.15, -0.1) is 11.8 Å². The molecule has 0 fully saturated rings. The van der Waals surface area contributed by atoms with Gasteiger partial charge in [0.15, 0.2) is 0 Å². The molecular weight excluding hydrogens is 166 g/mol. The number of hydrogen-bond donors (Lipinski definition) is 0. The van der Waals surface area contributed by atoms with Gasteiger partial charge in [-0.05, 0) is 6.07 Å². The second-order valence-electron chi connectivity index (χ2n) is 2.51. The van der Waals surface area contributed by atoms with Crippen molar-refractivity contribution >= 4 is 18.0 Å². The minimum absolute atomic E-state index is 1.01. The van der Waals surface area contributed by atoms with Crippen molar-refractivity contribution in [3.8, 4) is 0 Å². The molecular formula is C10H9NS. The molecule has 0 bridgehead atoms. The molecule has 1 aromatic rings. The Morgan fingerprint density at radius 3 is 3.17 bits per heavy atom. The summed E-state index contributed by atoms with van der Waals surface area (Å²) in [7, 11) is 0. The Hall–Kier alpha value is -1.02. The molecule has 1 heterocycles. The highest BCUT2D eigenvalue weighted by Gasteiger charge is 1.99. The van der Waals surface area contributed by atoms with Crippen LogP contribution in [0.25, 0.3) is 0 Å². The molecule has 1 aliphatic heterocycles. The zero-order valence-electron chi connectivity index (χ0n) is 6.60. The van der Waals surface area contributed by atoms with E-state index >= 15 is 0 Å². The molecule has 0 spiro atoms. The fourth-order valence-corrected chi connectivity index (χ4v) is 1.91. The first-order valence-electron chi connectivity index (χ1n) is 3.87. The average molecular weight is 175 g/mol. The Morgan fingerprint density at radius 2 is 2.17 bits per heavy atom. The lowest BCUT2D eigenvalue weighted by Gasteiger charge is -2.03. The molecule has 0 N–H and O–H groups in total. The molecule has 2 heteroatoms. The van der Waals surface area contributed by atoms with Crippen LogP contribution in [0.2, 0.25) is 0 Å². The molecule has 0 radical (unpaired) electrons. The van der Waals surface area contributed by atoms with Gasteiger partial charge in [-0.2, -0.15) is 0 Å². The van der Waals surface area contributed by atoms with E-state index in [0.717, 1.165) is 5.75 Å². The van der Waals surface area contributed by atoms with E-state index in [4.69, 9.17) is 0 Å². The molecule has 0 aliphatic carbocycles. The number of rotatable bonds is 0. The van der Waals surface area contributed by atoms with E-state index in [2.05, 4.69) is 29.3 Å². The van der Waals surface area contributed by atoms with Gasteiger partial charge in [0, 0.05) is 28.6 Å². The van der Waals surface area contributed by atoms with E-state index in [-0.39, 0.29) is 0 Å². The van der Waals surface area contributed by atoms with E-state index in [1.807, 2.05) is 30.2 Å². The third kappa shape index (κ3) is 1.59. The number of fused-ring (bicyclic) bond motifs is 1. The van der Waals surface area contributed by atoms with Crippen LogP contribution in [-0.4, -0.2) is 12.0 Å². The monoisotopic (exact) mass is 175 g/mol. The summed E-state index contributed by atoms with van der Waals surface area (Å²) in [4.78, 5) is 5.46. The zero-order chi connectivity index (χ0) is 8.23. The maximum atomic E-state index is 4.15. The lowest BCUT2D eigenvalue weighted by molar-refractivity contribution is 1.40. The van der Waals surface area contributed by atoms with Crippen molar-refractivity contribution in [3.05, 3.63) is 42.1 Å². The quantitative estimate of drug-likeness (QED) is 0.590. The maximum absolute atomic E-state index is 4.15. The van der Waals surface area contributed by atoms with Crippen molar-refractivity contribution in [3.63, 3.8) is 0 Å². The second kappa shape index (κ2) is 3.59. The fourth-order valence-electron chi connectivity index (χ4n) is 1.08. The second-order valence-corrected chi connectivity index (χ2v) is 3.57. The normalized spacial score (nSPS) is 17.7. The Morgan fingerprint density at radius 1 is 1.25 bits per heavy atom. The smallest absolute Gasteiger partial charge is 0.0351 e. The summed E-state index contributed by atoms with van der Waals surface area (Å²) in [5, 5.41) is 0. The Balaban J connectivity index is 2.43. The van der Waals surface area contributed by atoms with Crippen LogP contribution in [0.15, 0.2) is 46.4 Å². The van der Waals surface area contributed by atoms with Gasteiger partial charge >= 0.3 is 0 Å². The lowest BCUT2D eigenvalue weighted by Crippen LogP contribution is -1.87. The highest BCUT2D eigenvalue weighted by Crippen LogP contribution is 2.22. The standard InChI is InChI=1S/C10H9NS/c1-2-5-10-9(4-1)8-11-6-3-7-12-10/h1-6,8H,7H2/b6-3-,11-8?. The van der Waals surface area contributed by atoms with Crippen LogP contribution in [0.1, 0.15) is 5.56 Å². The van der Waals surface area contributed by atoms with Crippen LogP contribution in [0.3, 0.4) is 0 Å². The number of aliphatic imine (C=N–C) groups is 1. The van der Waals surface area contributed by atoms with E-state index in [0.29, 0.717) is 0 Å². The summed E-state index contributed by atoms with van der Waals surface area (Å²) in [6, 6.07) is 8.32. The van der Waals surface area contributed by atoms with Crippen LogP contribution < -0.4 is 0 Å². The minimum Gasteiger partial charge on any atom is -0.264 e. The SMILES string of the molecule is C1=N/C=C\CSc2ccccc21. The van der Waals surface area contributed by atoms with Crippen molar-refractivity contribution in [2.45, 2.75) is 4.90 Å². The van der Waals surface area contributed by atoms with Crippen LogP contribution in [0.5, 0.6) is 0 Å². The number of hydrogen-bond acceptors (Lipinski definition) is 2. The van der Waals surface area contributed by atoms with Gasteiger partial charge in [-0.25, -0.2) is 0 Å². The summed E-state index contributed by atoms with van der Waals surface area (Å²) >= 11 is 1.84. The molecule has 0 amide bonds. The van der Waals surface area contributed by atoms with Crippen LogP contribution >= 0.6 is 11.8 Å². The Bertz CT molecular complexity index is 328. The summed E-state index contributed by atoms with van der Waals surface area (Å²) in [5.41, 5.74) is 1.21. The van der Waals surface area contributed by atoms with Gasteiger partial charge in [-0.3, -0.25) is 4.99 Å². The topological polar surface area (TPSA) is 12.4 Å². The molecule has 60 valence electrons. The maximum Gasteiger partial charge on any atom is 0.0351 e. The minimum atomic E-state index is 1.01. The van der Waals surface area contributed by atoms with Crippen LogP contribution in [0, 0.1) is 0 Å². The third-order valence-electron chi connectivity index (χ3n) is 1.66. The van der Waals surface area contributed by atoms with E-state index in [1.165, 1.54) is 10.5 Å². The third-order valence-corrected chi connectivity index (χ3v) is 2.70. The number of benzene rings is 1. The van der Waals surface area contributed by atoms with Crippen molar-refractivity contribution in [2.75, 3.05) is 5.75 Å². The van der Waals surface area contributed by atoms with Crippen molar-refractivity contribution in [2.24, 2.45) is 4.99 Å². The molecule has 0 saturated heterocycles. The Labute approximate surface area is 76.2 Å². The largest absolute Gasteiger partial charge is 0.264 e. The summed E-state index contributed by atoms with van der Waals surface area (Å²) in [5.74, 6) is 1.01. The molecule has 1 aromatic carbocycles. The summed E-state index contributed by atoms with van der Waals surface area (Å²) < 4.78 is 0. The van der Waals surface area contributed by atoms with Crippen LogP contribution in [-0.2, 0) is 0 Å². The highest BCUT2D eigenvalue weighted by atomic mass is 32.2. The molecule has 1 nitrogen and oxygen atoms in total. The Kier molecular flexibility index (Phi) is 2.28. The number of nitrogens with zero attached hydrogens (tertiary/aromatic N) is 1. The molecule has 0 unspecified atom stereocenters. The predicted octanol–water partition coefficient (Wildman–Crippen LogP) is 2.72. The van der Waals surface area contributed by atoms with E-state index in [1.54, 1.807) is 0 Å². The average Bonchev–Trinajstić information content (AvgIpc) is 2.06. The molecule has 2 rings (SSSR count). The first kappa shape index (κ1) is 7.62. The van der Waals surface area contributed by atoms with Gasteiger partial charge in [0.1, 0.15) is 0 Å². The van der Waals surface area contributed by atoms with E-state index < -0.39 is 0 Å². The van der Waals surface area contributed by atoms with Gasteiger partial charge in [0.25, 0.3) is 0 Å². The summed E-state index contributed by atoms with van der Waals surface area (Å²) in [6.07, 6.45) is 5.82. The molecule has 0 atom stereocenters. The molecule has 1 aliphatic rings. The van der Waals surface area contributed by atoms with Gasteiger partial charge in [0.05, 0.1) is 0 Å². The summed E-state index contributed by atoms with van der Waals surface area (Å²) in [6.45, 7) is 0. The first-order valence-corrected chi connectivity index (χ1v) is 4.85. The molecule has 12 heavy (non-hydrogen) atoms. The first-order chi connectivity index (χ1) is 5.97. The van der Waals surface area contributed by atoms with Crippen molar-refractivity contribution in [1.82, 2.24) is 0 Å². The van der Waals surface area contributed by atoms with Gasteiger partial charge < -0.3 is 0 Å². The molecule has 0 aromatic heterocycles. The van der Waals surface area contributed by atoms with Crippen LogP contribution in [0.4, 0.5) is 0 Å². The molecule has 0 saturated carbocycles. The lowest BCUT2D eigenvalue weighted by atomic mass is 10.2. The number of thioether (sulfide) groups is 1. The fraction of sp³-hybridized carbons (Fsp3) is 0.100. The van der Waals surface area contributed by atoms with Crippen molar-refractivity contribution in [1.29, 1.82) is 0 Å². The van der Waals surface area contributed by atoms with Gasteiger partial charge in [-0.1, -0.05) is 24.3 Å².